The Hall–Kier alpha value is -2.27. The molecule has 5 nitrogen and oxygen atoms in total. The van der Waals surface area contributed by atoms with E-state index in [9.17, 15) is 0 Å². The maximum absolute atomic E-state index is 6.25. The maximum Gasteiger partial charge on any atom is 0.191 e. The molecule has 24 heavy (non-hydrogen) atoms. The molecule has 1 aromatic heterocycles. The molecule has 0 aliphatic rings. The van der Waals surface area contributed by atoms with Gasteiger partial charge >= 0.3 is 0 Å². The second kappa shape index (κ2) is 9.78. The summed E-state index contributed by atoms with van der Waals surface area (Å²) in [7, 11) is 0. The second-order valence-electron chi connectivity index (χ2n) is 5.19. The predicted octanol–water partition coefficient (Wildman–Crippen LogP) is 3.43. The first-order valence-corrected chi connectivity index (χ1v) is 8.40. The van der Waals surface area contributed by atoms with Gasteiger partial charge in [0.1, 0.15) is 12.4 Å². The van der Waals surface area contributed by atoms with Crippen molar-refractivity contribution in [3.05, 3.63) is 59.4 Å². The van der Waals surface area contributed by atoms with Gasteiger partial charge in [-0.1, -0.05) is 29.8 Å². The zero-order valence-corrected chi connectivity index (χ0v) is 14.8. The summed E-state index contributed by atoms with van der Waals surface area (Å²) in [6.45, 7) is 5.90. The van der Waals surface area contributed by atoms with Crippen molar-refractivity contribution in [2.75, 3.05) is 19.7 Å². The van der Waals surface area contributed by atoms with Gasteiger partial charge in [-0.05, 0) is 37.6 Å². The quantitative estimate of drug-likeness (QED) is 0.458. The lowest BCUT2D eigenvalue weighted by atomic mass is 10.1. The van der Waals surface area contributed by atoms with Gasteiger partial charge in [-0.3, -0.25) is 4.98 Å². The fraction of sp³-hybridized carbons (Fsp3) is 0.333. The van der Waals surface area contributed by atoms with Crippen molar-refractivity contribution in [1.29, 1.82) is 0 Å². The second-order valence-corrected chi connectivity index (χ2v) is 5.59. The minimum Gasteiger partial charge on any atom is -0.490 e. The van der Waals surface area contributed by atoms with Gasteiger partial charge in [0.2, 0.25) is 0 Å². The molecule has 0 aliphatic carbocycles. The van der Waals surface area contributed by atoms with Crippen molar-refractivity contribution in [2.24, 2.45) is 4.99 Å². The van der Waals surface area contributed by atoms with Crippen molar-refractivity contribution in [1.82, 2.24) is 15.6 Å². The van der Waals surface area contributed by atoms with E-state index in [1.165, 1.54) is 0 Å². The van der Waals surface area contributed by atoms with E-state index in [4.69, 9.17) is 16.3 Å². The summed E-state index contributed by atoms with van der Waals surface area (Å²) in [6, 6.07) is 11.6. The van der Waals surface area contributed by atoms with Crippen LogP contribution in [0.25, 0.3) is 0 Å². The Bertz CT molecular complexity index is 648. The van der Waals surface area contributed by atoms with Gasteiger partial charge in [0.05, 0.1) is 18.8 Å². The molecule has 0 saturated carbocycles. The van der Waals surface area contributed by atoms with Crippen molar-refractivity contribution in [3.8, 4) is 5.75 Å². The topological polar surface area (TPSA) is 58.5 Å². The lowest BCUT2D eigenvalue weighted by molar-refractivity contribution is 0.327. The lowest BCUT2D eigenvalue weighted by Crippen LogP contribution is -2.39. The zero-order chi connectivity index (χ0) is 17.2. The van der Waals surface area contributed by atoms with Gasteiger partial charge in [-0.2, -0.15) is 0 Å². The van der Waals surface area contributed by atoms with Gasteiger partial charge in [-0.15, -0.1) is 0 Å². The van der Waals surface area contributed by atoms with E-state index < -0.39 is 0 Å². The summed E-state index contributed by atoms with van der Waals surface area (Å²) >= 11 is 6.25. The fourth-order valence-corrected chi connectivity index (χ4v) is 2.48. The molecule has 0 fully saturated rings. The highest BCUT2D eigenvalue weighted by Crippen LogP contribution is 2.21. The number of rotatable bonds is 7. The maximum atomic E-state index is 6.25. The predicted molar refractivity (Wildman–Crippen MR) is 98.7 cm³/mol. The Kier molecular flexibility index (Phi) is 7.36. The van der Waals surface area contributed by atoms with Crippen LogP contribution < -0.4 is 15.4 Å². The molecule has 0 spiro atoms. The molecule has 2 rings (SSSR count). The molecular formula is C18H23ClN4O. The number of pyridine rings is 1. The summed E-state index contributed by atoms with van der Waals surface area (Å²) in [5.74, 6) is 1.48. The average Bonchev–Trinajstić information content (AvgIpc) is 2.60. The summed E-state index contributed by atoms with van der Waals surface area (Å²) in [5.41, 5.74) is 1.04. The lowest BCUT2D eigenvalue weighted by Gasteiger charge is -2.19. The van der Waals surface area contributed by atoms with Crippen molar-refractivity contribution < 1.29 is 4.74 Å². The van der Waals surface area contributed by atoms with Crippen LogP contribution in [0.4, 0.5) is 0 Å². The van der Waals surface area contributed by atoms with E-state index in [0.717, 1.165) is 28.8 Å². The van der Waals surface area contributed by atoms with Crippen molar-refractivity contribution in [3.63, 3.8) is 0 Å². The summed E-state index contributed by atoms with van der Waals surface area (Å²) in [4.78, 5) is 8.54. The Balaban J connectivity index is 1.89. The van der Waals surface area contributed by atoms with Crippen LogP contribution in [0, 0.1) is 0 Å². The molecule has 0 saturated heterocycles. The number of benzene rings is 1. The third kappa shape index (κ3) is 5.74. The van der Waals surface area contributed by atoms with E-state index in [-0.39, 0.29) is 6.04 Å². The minimum absolute atomic E-state index is 0.0516. The number of aliphatic imine (C=N–C) groups is 1. The highest BCUT2D eigenvalue weighted by Gasteiger charge is 2.10. The zero-order valence-electron chi connectivity index (χ0n) is 14.0. The molecule has 0 aliphatic heterocycles. The van der Waals surface area contributed by atoms with Gasteiger partial charge in [0.25, 0.3) is 0 Å². The van der Waals surface area contributed by atoms with E-state index >= 15 is 0 Å². The molecule has 1 atom stereocenters. The molecule has 0 bridgehead atoms. The molecule has 6 heteroatoms. The summed E-state index contributed by atoms with van der Waals surface area (Å²) in [5, 5.41) is 7.33. The molecule has 0 amide bonds. The van der Waals surface area contributed by atoms with Gasteiger partial charge < -0.3 is 15.4 Å². The molecule has 2 N–H and O–H groups in total. The average molecular weight is 347 g/mol. The standard InChI is InChI=1S/C18H23ClN4O/c1-3-21-18(22-11-12-24-15-7-6-10-20-13-15)23-14(2)16-8-4-5-9-17(16)19/h4-10,13-14H,3,11-12H2,1-2H3,(H2,21,22,23). The third-order valence-electron chi connectivity index (χ3n) is 3.33. The minimum atomic E-state index is 0.0516. The van der Waals surface area contributed by atoms with E-state index in [1.807, 2.05) is 43.3 Å². The number of nitrogens with zero attached hydrogens (tertiary/aromatic N) is 2. The van der Waals surface area contributed by atoms with Crippen LogP contribution in [0.3, 0.4) is 0 Å². The normalized spacial score (nSPS) is 12.5. The van der Waals surface area contributed by atoms with Crippen LogP contribution in [-0.4, -0.2) is 30.6 Å². The van der Waals surface area contributed by atoms with Crippen molar-refractivity contribution in [2.45, 2.75) is 19.9 Å². The number of guanidine groups is 1. The highest BCUT2D eigenvalue weighted by molar-refractivity contribution is 6.31. The number of hydrogen-bond donors (Lipinski definition) is 2. The van der Waals surface area contributed by atoms with Gasteiger partial charge in [0, 0.05) is 17.8 Å². The van der Waals surface area contributed by atoms with Crippen LogP contribution in [0.5, 0.6) is 5.75 Å². The van der Waals surface area contributed by atoms with Crippen LogP contribution in [-0.2, 0) is 0 Å². The summed E-state index contributed by atoms with van der Waals surface area (Å²) < 4.78 is 5.60. The Morgan fingerprint density at radius 2 is 2.12 bits per heavy atom. The SMILES string of the molecule is CCNC(=NCCOc1cccnc1)NC(C)c1ccccc1Cl. The number of aromatic nitrogens is 1. The third-order valence-corrected chi connectivity index (χ3v) is 3.68. The highest BCUT2D eigenvalue weighted by atomic mass is 35.5. The van der Waals surface area contributed by atoms with Crippen LogP contribution in [0.15, 0.2) is 53.8 Å². The molecular weight excluding hydrogens is 324 g/mol. The Morgan fingerprint density at radius 1 is 1.29 bits per heavy atom. The Morgan fingerprint density at radius 3 is 2.83 bits per heavy atom. The van der Waals surface area contributed by atoms with Crippen LogP contribution in [0.1, 0.15) is 25.5 Å². The van der Waals surface area contributed by atoms with Gasteiger partial charge in [-0.25, -0.2) is 4.99 Å². The molecule has 1 heterocycles. The number of nitrogens with one attached hydrogen (secondary N) is 2. The molecule has 2 aromatic rings. The fourth-order valence-electron chi connectivity index (χ4n) is 2.18. The first-order valence-electron chi connectivity index (χ1n) is 8.02. The summed E-state index contributed by atoms with van der Waals surface area (Å²) in [6.07, 6.45) is 3.40. The molecule has 1 aromatic carbocycles. The first-order chi connectivity index (χ1) is 11.7. The van der Waals surface area contributed by atoms with Crippen LogP contribution >= 0.6 is 11.6 Å². The van der Waals surface area contributed by atoms with Gasteiger partial charge in [0.15, 0.2) is 5.96 Å². The van der Waals surface area contributed by atoms with Crippen LogP contribution in [0.2, 0.25) is 5.02 Å². The molecule has 128 valence electrons. The van der Waals surface area contributed by atoms with E-state index in [1.54, 1.807) is 12.4 Å². The monoisotopic (exact) mass is 346 g/mol. The van der Waals surface area contributed by atoms with E-state index in [0.29, 0.717) is 13.2 Å². The molecule has 1 unspecified atom stereocenters. The smallest absolute Gasteiger partial charge is 0.191 e. The largest absolute Gasteiger partial charge is 0.490 e. The first kappa shape index (κ1) is 18.1. The number of ether oxygens (including phenoxy) is 1. The number of halogens is 1. The number of hydrogen-bond acceptors (Lipinski definition) is 3. The Labute approximate surface area is 148 Å². The molecule has 0 radical (unpaired) electrons. The van der Waals surface area contributed by atoms with E-state index in [2.05, 4.69) is 27.5 Å². The van der Waals surface area contributed by atoms with Crippen molar-refractivity contribution >= 4 is 17.6 Å².